The van der Waals surface area contributed by atoms with Crippen LogP contribution in [-0.2, 0) is 11.3 Å². The van der Waals surface area contributed by atoms with E-state index in [1.807, 2.05) is 6.92 Å². The van der Waals surface area contributed by atoms with Crippen LogP contribution < -0.4 is 16.0 Å². The van der Waals surface area contributed by atoms with Gasteiger partial charge in [-0.2, -0.15) is 5.26 Å². The summed E-state index contributed by atoms with van der Waals surface area (Å²) in [6, 6.07) is 8.86. The molecule has 2 aromatic rings. The number of hydrogen-bond acceptors (Lipinski definition) is 6. The van der Waals surface area contributed by atoms with E-state index in [9.17, 15) is 10.1 Å². The van der Waals surface area contributed by atoms with Crippen molar-refractivity contribution in [3.8, 4) is 11.8 Å². The SMILES string of the molecule is Cc1cc2c(c(=O)n1CCN1CCOCC1)[C@@H](c1ccc(Cl)cc1Cl)C(C#N)=C(N)O2. The molecule has 0 unspecified atom stereocenters. The summed E-state index contributed by atoms with van der Waals surface area (Å²) in [5.74, 6) is -0.422. The number of aromatic nitrogens is 1. The monoisotopic (exact) mass is 460 g/mol. The van der Waals surface area contributed by atoms with Gasteiger partial charge < -0.3 is 19.8 Å². The Morgan fingerprint density at radius 3 is 2.65 bits per heavy atom. The number of nitriles is 1. The second kappa shape index (κ2) is 8.93. The molecule has 0 radical (unpaired) electrons. The van der Waals surface area contributed by atoms with E-state index in [1.165, 1.54) is 0 Å². The molecule has 3 heterocycles. The summed E-state index contributed by atoms with van der Waals surface area (Å²) < 4.78 is 12.8. The van der Waals surface area contributed by atoms with E-state index in [2.05, 4.69) is 11.0 Å². The van der Waals surface area contributed by atoms with Crippen molar-refractivity contribution in [3.63, 3.8) is 0 Å². The number of rotatable bonds is 4. The number of pyridine rings is 1. The smallest absolute Gasteiger partial charge is 0.258 e. The summed E-state index contributed by atoms with van der Waals surface area (Å²) in [7, 11) is 0. The zero-order valence-corrected chi connectivity index (χ0v) is 18.5. The van der Waals surface area contributed by atoms with Crippen molar-refractivity contribution in [3.05, 3.63) is 72.9 Å². The number of fused-ring (bicyclic) bond motifs is 1. The third-order valence-electron chi connectivity index (χ3n) is 5.71. The van der Waals surface area contributed by atoms with Crippen LogP contribution >= 0.6 is 23.2 Å². The quantitative estimate of drug-likeness (QED) is 0.753. The van der Waals surface area contributed by atoms with Gasteiger partial charge in [-0.25, -0.2) is 0 Å². The molecule has 162 valence electrons. The lowest BCUT2D eigenvalue weighted by Gasteiger charge is -2.29. The molecule has 2 N–H and O–H groups in total. The van der Waals surface area contributed by atoms with Crippen LogP contribution in [0.2, 0.25) is 10.0 Å². The largest absolute Gasteiger partial charge is 0.440 e. The summed E-state index contributed by atoms with van der Waals surface area (Å²) in [5.41, 5.74) is 7.66. The fraction of sp³-hybridized carbons (Fsp3) is 0.364. The topological polar surface area (TPSA) is 93.5 Å². The van der Waals surface area contributed by atoms with Crippen molar-refractivity contribution in [1.29, 1.82) is 5.26 Å². The molecular weight excluding hydrogens is 439 g/mol. The summed E-state index contributed by atoms with van der Waals surface area (Å²) in [6.45, 7) is 6.15. The number of halogens is 2. The maximum Gasteiger partial charge on any atom is 0.258 e. The zero-order chi connectivity index (χ0) is 22.1. The van der Waals surface area contributed by atoms with Gasteiger partial charge in [0.05, 0.1) is 24.7 Å². The lowest BCUT2D eigenvalue weighted by atomic mass is 9.84. The Balaban J connectivity index is 1.81. The van der Waals surface area contributed by atoms with Crippen molar-refractivity contribution >= 4 is 23.2 Å². The average molecular weight is 461 g/mol. The zero-order valence-electron chi connectivity index (χ0n) is 17.0. The minimum atomic E-state index is -0.735. The number of allylic oxidation sites excluding steroid dienone is 1. The van der Waals surface area contributed by atoms with Crippen LogP contribution in [-0.4, -0.2) is 42.3 Å². The molecule has 0 aliphatic carbocycles. The van der Waals surface area contributed by atoms with Crippen LogP contribution in [0.4, 0.5) is 0 Å². The molecule has 1 fully saturated rings. The van der Waals surface area contributed by atoms with Crippen molar-refractivity contribution in [2.75, 3.05) is 32.8 Å². The molecule has 7 nitrogen and oxygen atoms in total. The van der Waals surface area contributed by atoms with Crippen LogP contribution in [0.1, 0.15) is 22.7 Å². The highest BCUT2D eigenvalue weighted by atomic mass is 35.5. The minimum Gasteiger partial charge on any atom is -0.440 e. The van der Waals surface area contributed by atoms with E-state index in [0.717, 1.165) is 25.3 Å². The van der Waals surface area contributed by atoms with Gasteiger partial charge in [0.15, 0.2) is 0 Å². The molecule has 0 bridgehead atoms. The lowest BCUT2D eigenvalue weighted by Crippen LogP contribution is -2.40. The van der Waals surface area contributed by atoms with E-state index in [0.29, 0.717) is 46.7 Å². The molecular formula is C22H22Cl2N4O3. The third-order valence-corrected chi connectivity index (χ3v) is 6.27. The molecule has 9 heteroatoms. The number of morpholine rings is 1. The first-order chi connectivity index (χ1) is 14.9. The van der Waals surface area contributed by atoms with Crippen LogP contribution in [0.15, 0.2) is 40.5 Å². The van der Waals surface area contributed by atoms with Gasteiger partial charge in [0.25, 0.3) is 5.56 Å². The molecule has 0 spiro atoms. The molecule has 1 saturated heterocycles. The van der Waals surface area contributed by atoms with Gasteiger partial charge in [-0.05, 0) is 24.6 Å². The van der Waals surface area contributed by atoms with Gasteiger partial charge in [-0.15, -0.1) is 0 Å². The molecule has 31 heavy (non-hydrogen) atoms. The summed E-state index contributed by atoms with van der Waals surface area (Å²) in [6.07, 6.45) is 0. The number of ether oxygens (including phenoxy) is 2. The highest BCUT2D eigenvalue weighted by Crippen LogP contribution is 2.43. The first-order valence-electron chi connectivity index (χ1n) is 9.97. The highest BCUT2D eigenvalue weighted by molar-refractivity contribution is 6.35. The lowest BCUT2D eigenvalue weighted by molar-refractivity contribution is 0.0362. The van der Waals surface area contributed by atoms with Gasteiger partial charge in [0, 0.05) is 48.0 Å². The van der Waals surface area contributed by atoms with E-state index in [1.54, 1.807) is 28.8 Å². The fourth-order valence-corrected chi connectivity index (χ4v) is 4.59. The molecule has 0 saturated carbocycles. The second-order valence-corrected chi connectivity index (χ2v) is 8.41. The van der Waals surface area contributed by atoms with Gasteiger partial charge in [0.2, 0.25) is 5.88 Å². The maximum absolute atomic E-state index is 13.6. The van der Waals surface area contributed by atoms with E-state index in [4.69, 9.17) is 38.4 Å². The van der Waals surface area contributed by atoms with Crippen molar-refractivity contribution in [2.45, 2.75) is 19.4 Å². The van der Waals surface area contributed by atoms with Crippen LogP contribution in [0.3, 0.4) is 0 Å². The Kier molecular flexibility index (Phi) is 6.26. The molecule has 0 amide bonds. The first-order valence-corrected chi connectivity index (χ1v) is 10.7. The number of hydrogen-bond donors (Lipinski definition) is 1. The normalized spacial score (nSPS) is 19.0. The van der Waals surface area contributed by atoms with Crippen LogP contribution in [0, 0.1) is 18.3 Å². The van der Waals surface area contributed by atoms with Gasteiger partial charge in [-0.1, -0.05) is 29.3 Å². The number of aryl methyl sites for hydroxylation is 1. The van der Waals surface area contributed by atoms with Gasteiger partial charge in [0.1, 0.15) is 17.4 Å². The second-order valence-electron chi connectivity index (χ2n) is 7.57. The molecule has 2 aliphatic heterocycles. The van der Waals surface area contributed by atoms with Gasteiger partial charge >= 0.3 is 0 Å². The van der Waals surface area contributed by atoms with Crippen molar-refractivity contribution < 1.29 is 9.47 Å². The molecule has 4 rings (SSSR count). The van der Waals surface area contributed by atoms with E-state index >= 15 is 0 Å². The third kappa shape index (κ3) is 4.17. The predicted octanol–water partition coefficient (Wildman–Crippen LogP) is 3.01. The maximum atomic E-state index is 13.6. The Morgan fingerprint density at radius 1 is 1.23 bits per heavy atom. The van der Waals surface area contributed by atoms with Crippen LogP contribution in [0.25, 0.3) is 0 Å². The van der Waals surface area contributed by atoms with Crippen molar-refractivity contribution in [1.82, 2.24) is 9.47 Å². The molecule has 1 aromatic carbocycles. The molecule has 1 atom stereocenters. The molecule has 1 aromatic heterocycles. The summed E-state index contributed by atoms with van der Waals surface area (Å²) in [4.78, 5) is 15.9. The number of nitrogens with two attached hydrogens (primary N) is 1. The van der Waals surface area contributed by atoms with Crippen LogP contribution in [0.5, 0.6) is 5.75 Å². The van der Waals surface area contributed by atoms with Gasteiger partial charge in [-0.3, -0.25) is 9.69 Å². The van der Waals surface area contributed by atoms with Crippen molar-refractivity contribution in [2.24, 2.45) is 5.73 Å². The predicted molar refractivity (Wildman–Crippen MR) is 118 cm³/mol. The number of benzene rings is 1. The molecule has 2 aliphatic rings. The average Bonchev–Trinajstić information content (AvgIpc) is 2.73. The Hall–Kier alpha value is -2.50. The summed E-state index contributed by atoms with van der Waals surface area (Å²) >= 11 is 12.5. The highest BCUT2D eigenvalue weighted by Gasteiger charge is 2.35. The first kappa shape index (κ1) is 21.7. The van der Waals surface area contributed by atoms with E-state index in [-0.39, 0.29) is 17.0 Å². The Bertz CT molecular complexity index is 1150. The summed E-state index contributed by atoms with van der Waals surface area (Å²) in [5, 5.41) is 10.6. The fourth-order valence-electron chi connectivity index (χ4n) is 4.08. The standard InChI is InChI=1S/C22H22Cl2N4O3/c1-13-10-18-20(22(29)28(13)5-4-27-6-8-30-9-7-27)19(16(12-25)21(26)31-18)15-3-2-14(23)11-17(15)24/h2-3,10-11,19H,4-9,26H2,1H3/t19-/m0/s1. The number of nitrogens with zero attached hydrogens (tertiary/aromatic N) is 3. The Morgan fingerprint density at radius 2 is 1.97 bits per heavy atom. The minimum absolute atomic E-state index is 0.0316. The van der Waals surface area contributed by atoms with E-state index < -0.39 is 5.92 Å². The Labute approximate surface area is 190 Å².